The number of rotatable bonds is 7. The summed E-state index contributed by atoms with van der Waals surface area (Å²) >= 11 is 1.27. The van der Waals surface area contributed by atoms with Gasteiger partial charge < -0.3 is 10.2 Å². The highest BCUT2D eigenvalue weighted by atomic mass is 32.2. The SMILES string of the molecule is Cc1ccc(NC(=O)CSCC(=O)N2CCc3cc(S(=O)(=O)N4CCCCC4)ccc32)cc1. The summed E-state index contributed by atoms with van der Waals surface area (Å²) in [5.74, 6) is 0.154. The normalized spacial score (nSPS) is 16.5. The van der Waals surface area contributed by atoms with Crippen molar-refractivity contribution in [2.45, 2.75) is 37.5 Å². The molecule has 7 nitrogen and oxygen atoms in total. The number of sulfonamides is 1. The molecule has 2 aromatic carbocycles. The molecule has 1 N–H and O–H groups in total. The van der Waals surface area contributed by atoms with Gasteiger partial charge in [-0.15, -0.1) is 11.8 Å². The van der Waals surface area contributed by atoms with Crippen molar-refractivity contribution in [1.29, 1.82) is 0 Å². The average Bonchev–Trinajstić information content (AvgIpc) is 3.24. The van der Waals surface area contributed by atoms with Gasteiger partial charge in [-0.1, -0.05) is 24.1 Å². The predicted molar refractivity (Wildman–Crippen MR) is 132 cm³/mol. The number of nitrogens with zero attached hydrogens (tertiary/aromatic N) is 2. The molecule has 0 aromatic heterocycles. The Kier molecular flexibility index (Phi) is 7.41. The molecule has 1 saturated heterocycles. The van der Waals surface area contributed by atoms with Crippen LogP contribution in [0.4, 0.5) is 11.4 Å². The van der Waals surface area contributed by atoms with Crippen molar-refractivity contribution in [2.75, 3.05) is 41.4 Å². The molecule has 4 rings (SSSR count). The zero-order valence-electron chi connectivity index (χ0n) is 18.7. The summed E-state index contributed by atoms with van der Waals surface area (Å²) in [5, 5.41) is 2.83. The average molecular weight is 488 g/mol. The van der Waals surface area contributed by atoms with Crippen LogP contribution in [0.1, 0.15) is 30.4 Å². The Bertz CT molecular complexity index is 1130. The van der Waals surface area contributed by atoms with Crippen LogP contribution in [-0.4, -0.2) is 55.7 Å². The first-order chi connectivity index (χ1) is 15.8. The van der Waals surface area contributed by atoms with E-state index in [4.69, 9.17) is 0 Å². The predicted octanol–water partition coefficient (Wildman–Crippen LogP) is 3.43. The highest BCUT2D eigenvalue weighted by Crippen LogP contribution is 2.32. The molecular weight excluding hydrogens is 458 g/mol. The Labute approximate surface area is 199 Å². The molecule has 2 amide bonds. The quantitative estimate of drug-likeness (QED) is 0.647. The fourth-order valence-corrected chi connectivity index (χ4v) is 6.45. The smallest absolute Gasteiger partial charge is 0.243 e. The third-order valence-corrected chi connectivity index (χ3v) is 8.81. The van der Waals surface area contributed by atoms with Gasteiger partial charge in [-0.2, -0.15) is 4.31 Å². The Morgan fingerprint density at radius 1 is 0.970 bits per heavy atom. The maximum absolute atomic E-state index is 13.0. The zero-order valence-corrected chi connectivity index (χ0v) is 20.4. The first kappa shape index (κ1) is 23.8. The number of fused-ring (bicyclic) bond motifs is 1. The van der Waals surface area contributed by atoms with Crippen LogP contribution in [-0.2, 0) is 26.0 Å². The van der Waals surface area contributed by atoms with E-state index in [9.17, 15) is 18.0 Å². The van der Waals surface area contributed by atoms with Crippen LogP contribution in [0.15, 0.2) is 47.4 Å². The van der Waals surface area contributed by atoms with E-state index >= 15 is 0 Å². The van der Waals surface area contributed by atoms with Crippen LogP contribution >= 0.6 is 11.8 Å². The molecule has 176 valence electrons. The fraction of sp³-hybridized carbons (Fsp3) is 0.417. The maximum atomic E-state index is 13.0. The number of piperidine rings is 1. The Morgan fingerprint density at radius 3 is 2.42 bits per heavy atom. The summed E-state index contributed by atoms with van der Waals surface area (Å²) in [4.78, 5) is 26.9. The van der Waals surface area contributed by atoms with Crippen LogP contribution in [0, 0.1) is 6.92 Å². The number of hydrogen-bond donors (Lipinski definition) is 1. The second-order valence-corrected chi connectivity index (χ2v) is 11.4. The summed E-state index contributed by atoms with van der Waals surface area (Å²) in [6, 6.07) is 12.6. The number of carbonyl (C=O) groups excluding carboxylic acids is 2. The standard InChI is InChI=1S/C24H29N3O4S2/c1-18-5-7-20(8-6-18)25-23(28)16-32-17-24(29)27-14-11-19-15-21(9-10-22(19)27)33(30,31)26-12-3-2-4-13-26/h5-10,15H,2-4,11-14,16-17H2,1H3,(H,25,28). The second-order valence-electron chi connectivity index (χ2n) is 8.46. The van der Waals surface area contributed by atoms with E-state index in [1.165, 1.54) is 11.8 Å². The van der Waals surface area contributed by atoms with E-state index in [2.05, 4.69) is 5.32 Å². The van der Waals surface area contributed by atoms with E-state index < -0.39 is 10.0 Å². The highest BCUT2D eigenvalue weighted by Gasteiger charge is 2.30. The minimum Gasteiger partial charge on any atom is -0.325 e. The number of nitrogens with one attached hydrogen (secondary N) is 1. The Morgan fingerprint density at radius 2 is 1.70 bits per heavy atom. The molecule has 0 aliphatic carbocycles. The molecule has 0 radical (unpaired) electrons. The van der Waals surface area contributed by atoms with Gasteiger partial charge in [-0.3, -0.25) is 9.59 Å². The summed E-state index contributed by atoms with van der Waals surface area (Å²) in [7, 11) is -3.49. The van der Waals surface area contributed by atoms with Gasteiger partial charge in [0, 0.05) is 31.0 Å². The number of thioether (sulfide) groups is 1. The molecule has 0 saturated carbocycles. The van der Waals surface area contributed by atoms with Crippen molar-refractivity contribution in [3.8, 4) is 0 Å². The van der Waals surface area contributed by atoms with Gasteiger partial charge in [0.25, 0.3) is 0 Å². The first-order valence-electron chi connectivity index (χ1n) is 11.2. The van der Waals surface area contributed by atoms with Crippen LogP contribution in [0.3, 0.4) is 0 Å². The van der Waals surface area contributed by atoms with Gasteiger partial charge in [-0.05, 0) is 62.1 Å². The number of aryl methyl sites for hydroxylation is 1. The molecule has 0 bridgehead atoms. The molecule has 0 unspecified atom stereocenters. The number of hydrogen-bond acceptors (Lipinski definition) is 5. The van der Waals surface area contributed by atoms with Gasteiger partial charge in [-0.25, -0.2) is 8.42 Å². The Balaban J connectivity index is 1.32. The fourth-order valence-electron chi connectivity index (χ4n) is 4.19. The van der Waals surface area contributed by atoms with Crippen molar-refractivity contribution in [2.24, 2.45) is 0 Å². The molecule has 2 heterocycles. The van der Waals surface area contributed by atoms with E-state index in [1.54, 1.807) is 27.4 Å². The lowest BCUT2D eigenvalue weighted by Gasteiger charge is -2.26. The van der Waals surface area contributed by atoms with Gasteiger partial charge in [0.1, 0.15) is 0 Å². The zero-order chi connectivity index (χ0) is 23.4. The van der Waals surface area contributed by atoms with E-state index in [1.807, 2.05) is 31.2 Å². The molecule has 1 fully saturated rings. The molecular formula is C24H29N3O4S2. The van der Waals surface area contributed by atoms with Gasteiger partial charge in [0.2, 0.25) is 21.8 Å². The van der Waals surface area contributed by atoms with E-state index in [-0.39, 0.29) is 23.3 Å². The van der Waals surface area contributed by atoms with E-state index in [0.29, 0.717) is 31.0 Å². The number of anilines is 2. The van der Waals surface area contributed by atoms with E-state index in [0.717, 1.165) is 41.8 Å². The molecule has 2 aromatic rings. The van der Waals surface area contributed by atoms with Crippen LogP contribution in [0.25, 0.3) is 0 Å². The Hall–Kier alpha value is -2.36. The molecule has 33 heavy (non-hydrogen) atoms. The lowest BCUT2D eigenvalue weighted by molar-refractivity contribution is -0.116. The second kappa shape index (κ2) is 10.3. The van der Waals surface area contributed by atoms with Crippen molar-refractivity contribution < 1.29 is 18.0 Å². The van der Waals surface area contributed by atoms with Gasteiger partial charge >= 0.3 is 0 Å². The molecule has 0 atom stereocenters. The largest absolute Gasteiger partial charge is 0.325 e. The lowest BCUT2D eigenvalue weighted by Crippen LogP contribution is -2.35. The molecule has 2 aliphatic heterocycles. The number of carbonyl (C=O) groups is 2. The summed E-state index contributed by atoms with van der Waals surface area (Å²) in [5.41, 5.74) is 3.50. The molecule has 0 spiro atoms. The van der Waals surface area contributed by atoms with Crippen molar-refractivity contribution in [3.05, 3.63) is 53.6 Å². The first-order valence-corrected chi connectivity index (χ1v) is 13.8. The van der Waals surface area contributed by atoms with Crippen LogP contribution < -0.4 is 10.2 Å². The monoisotopic (exact) mass is 487 g/mol. The molecule has 2 aliphatic rings. The summed E-state index contributed by atoms with van der Waals surface area (Å²) in [6.45, 7) is 3.65. The van der Waals surface area contributed by atoms with Crippen LogP contribution in [0.5, 0.6) is 0 Å². The summed E-state index contributed by atoms with van der Waals surface area (Å²) < 4.78 is 27.5. The van der Waals surface area contributed by atoms with Crippen molar-refractivity contribution in [1.82, 2.24) is 4.31 Å². The summed E-state index contributed by atoms with van der Waals surface area (Å²) in [6.07, 6.45) is 3.49. The highest BCUT2D eigenvalue weighted by molar-refractivity contribution is 8.00. The topological polar surface area (TPSA) is 86.8 Å². The van der Waals surface area contributed by atoms with Gasteiger partial charge in [0.05, 0.1) is 16.4 Å². The van der Waals surface area contributed by atoms with Crippen molar-refractivity contribution in [3.63, 3.8) is 0 Å². The number of benzene rings is 2. The third-order valence-electron chi connectivity index (χ3n) is 5.99. The maximum Gasteiger partial charge on any atom is 0.243 e. The lowest BCUT2D eigenvalue weighted by atomic mass is 10.2. The van der Waals surface area contributed by atoms with Crippen molar-refractivity contribution >= 4 is 45.0 Å². The van der Waals surface area contributed by atoms with Crippen LogP contribution in [0.2, 0.25) is 0 Å². The number of amides is 2. The molecule has 9 heteroatoms. The third kappa shape index (κ3) is 5.59. The minimum absolute atomic E-state index is 0.0754. The van der Waals surface area contributed by atoms with Gasteiger partial charge in [0.15, 0.2) is 0 Å². The minimum atomic E-state index is -3.49.